The highest BCUT2D eigenvalue weighted by Gasteiger charge is 2.23. The van der Waals surface area contributed by atoms with Gasteiger partial charge in [-0.05, 0) is 70.4 Å². The van der Waals surface area contributed by atoms with Gasteiger partial charge in [0.2, 0.25) is 0 Å². The van der Waals surface area contributed by atoms with Crippen LogP contribution >= 0.6 is 33.9 Å². The van der Waals surface area contributed by atoms with Crippen LogP contribution < -0.4 is 4.90 Å². The molecule has 0 unspecified atom stereocenters. The van der Waals surface area contributed by atoms with Gasteiger partial charge in [0.05, 0.1) is 4.88 Å². The molecule has 0 spiro atoms. The Balaban J connectivity index is 1.39. The van der Waals surface area contributed by atoms with E-state index < -0.39 is 0 Å². The summed E-state index contributed by atoms with van der Waals surface area (Å²) in [7, 11) is 0. The van der Waals surface area contributed by atoms with Gasteiger partial charge >= 0.3 is 0 Å². The Morgan fingerprint density at radius 2 is 1.73 bits per heavy atom. The number of hydrogen-bond acceptors (Lipinski definition) is 5. The van der Waals surface area contributed by atoms with Gasteiger partial charge in [0, 0.05) is 35.3 Å². The van der Waals surface area contributed by atoms with Crippen molar-refractivity contribution in [3.63, 3.8) is 0 Å². The first kappa shape index (κ1) is 17.4. The van der Waals surface area contributed by atoms with Gasteiger partial charge < -0.3 is 9.80 Å². The van der Waals surface area contributed by atoms with E-state index >= 15 is 0 Å². The Hall–Kier alpha value is -2.00. The third-order valence-electron chi connectivity index (χ3n) is 4.41. The molecule has 3 heterocycles. The lowest BCUT2D eigenvalue weighted by Crippen LogP contribution is -2.49. The lowest BCUT2D eigenvalue weighted by atomic mass is 10.2. The molecule has 0 radical (unpaired) electrons. The molecule has 1 aromatic carbocycles. The molecule has 3 aromatic rings. The standard InChI is InChI=1S/C19H17IN4OS/c20-15-5-3-14(4-6-15)19(25)24-11-9-23(10-12-24)18-8-7-16(21-22-18)17-2-1-13-26-17/h1-8,13H,9-12H2. The van der Waals surface area contributed by atoms with Gasteiger partial charge in [0.1, 0.15) is 5.69 Å². The largest absolute Gasteiger partial charge is 0.352 e. The predicted octanol–water partition coefficient (Wildman–Crippen LogP) is 3.77. The predicted molar refractivity (Wildman–Crippen MR) is 113 cm³/mol. The maximum absolute atomic E-state index is 12.6. The molecule has 1 aliphatic rings. The van der Waals surface area contributed by atoms with Crippen LogP contribution in [-0.4, -0.2) is 47.2 Å². The fourth-order valence-electron chi connectivity index (χ4n) is 2.96. The minimum Gasteiger partial charge on any atom is -0.352 e. The topological polar surface area (TPSA) is 49.3 Å². The Kier molecular flexibility index (Phi) is 5.16. The van der Waals surface area contributed by atoms with Crippen molar-refractivity contribution in [2.45, 2.75) is 0 Å². The highest BCUT2D eigenvalue weighted by molar-refractivity contribution is 14.1. The number of carbonyl (C=O) groups excluding carboxylic acids is 1. The second-order valence-electron chi connectivity index (χ2n) is 6.04. The Labute approximate surface area is 169 Å². The van der Waals surface area contributed by atoms with E-state index in [0.29, 0.717) is 13.1 Å². The van der Waals surface area contributed by atoms with Gasteiger partial charge in [0.25, 0.3) is 5.91 Å². The summed E-state index contributed by atoms with van der Waals surface area (Å²) in [5.41, 5.74) is 1.65. The van der Waals surface area contributed by atoms with Gasteiger partial charge in [-0.3, -0.25) is 4.79 Å². The third kappa shape index (κ3) is 3.73. The van der Waals surface area contributed by atoms with E-state index in [1.54, 1.807) is 11.3 Å². The van der Waals surface area contributed by atoms with Crippen molar-refractivity contribution in [3.05, 3.63) is 63.0 Å². The van der Waals surface area contributed by atoms with Gasteiger partial charge in [-0.25, -0.2) is 0 Å². The summed E-state index contributed by atoms with van der Waals surface area (Å²) in [6.07, 6.45) is 0. The van der Waals surface area contributed by atoms with Crippen molar-refractivity contribution >= 4 is 45.7 Å². The van der Waals surface area contributed by atoms with Crippen LogP contribution in [0.3, 0.4) is 0 Å². The fourth-order valence-corrected chi connectivity index (χ4v) is 4.01. The average molecular weight is 476 g/mol. The molecule has 1 fully saturated rings. The van der Waals surface area contributed by atoms with Crippen molar-refractivity contribution < 1.29 is 4.79 Å². The van der Waals surface area contributed by atoms with Gasteiger partial charge in [-0.2, -0.15) is 0 Å². The molecule has 1 aliphatic heterocycles. The minimum atomic E-state index is 0.0974. The third-order valence-corrected chi connectivity index (χ3v) is 6.02. The molecule has 26 heavy (non-hydrogen) atoms. The monoisotopic (exact) mass is 476 g/mol. The molecule has 0 bridgehead atoms. The molecular weight excluding hydrogens is 459 g/mol. The number of rotatable bonds is 3. The number of anilines is 1. The van der Waals surface area contributed by atoms with Crippen LogP contribution in [0.15, 0.2) is 53.9 Å². The normalized spacial score (nSPS) is 14.5. The van der Waals surface area contributed by atoms with E-state index in [0.717, 1.165) is 38.6 Å². The summed E-state index contributed by atoms with van der Waals surface area (Å²) in [6, 6.07) is 15.8. The maximum atomic E-state index is 12.6. The smallest absolute Gasteiger partial charge is 0.253 e. The quantitative estimate of drug-likeness (QED) is 0.541. The van der Waals surface area contributed by atoms with Crippen molar-refractivity contribution in [1.82, 2.24) is 15.1 Å². The van der Waals surface area contributed by atoms with Gasteiger partial charge in [0.15, 0.2) is 5.82 Å². The van der Waals surface area contributed by atoms with E-state index in [1.807, 2.05) is 58.8 Å². The summed E-state index contributed by atoms with van der Waals surface area (Å²) < 4.78 is 1.13. The number of aromatic nitrogens is 2. The Bertz CT molecular complexity index is 873. The molecule has 0 saturated carbocycles. The zero-order valence-electron chi connectivity index (χ0n) is 14.0. The van der Waals surface area contributed by atoms with Gasteiger partial charge in [-0.1, -0.05) is 6.07 Å². The first-order valence-electron chi connectivity index (χ1n) is 8.38. The second kappa shape index (κ2) is 7.71. The molecule has 2 aromatic heterocycles. The van der Waals surface area contributed by atoms with Crippen LogP contribution in [-0.2, 0) is 0 Å². The van der Waals surface area contributed by atoms with Crippen LogP contribution in [0.5, 0.6) is 0 Å². The summed E-state index contributed by atoms with van der Waals surface area (Å²) in [5, 5.41) is 10.8. The zero-order valence-corrected chi connectivity index (χ0v) is 17.0. The lowest BCUT2D eigenvalue weighted by Gasteiger charge is -2.35. The van der Waals surface area contributed by atoms with E-state index in [4.69, 9.17) is 0 Å². The van der Waals surface area contributed by atoms with E-state index in [-0.39, 0.29) is 5.91 Å². The van der Waals surface area contributed by atoms with Crippen LogP contribution in [0.1, 0.15) is 10.4 Å². The van der Waals surface area contributed by atoms with Crippen molar-refractivity contribution in [2.75, 3.05) is 31.1 Å². The highest BCUT2D eigenvalue weighted by Crippen LogP contribution is 2.23. The first-order chi connectivity index (χ1) is 12.7. The maximum Gasteiger partial charge on any atom is 0.253 e. The highest BCUT2D eigenvalue weighted by atomic mass is 127. The first-order valence-corrected chi connectivity index (χ1v) is 10.3. The lowest BCUT2D eigenvalue weighted by molar-refractivity contribution is 0.0746. The fraction of sp³-hybridized carbons (Fsp3) is 0.211. The number of piperazine rings is 1. The van der Waals surface area contributed by atoms with Crippen molar-refractivity contribution in [3.8, 4) is 10.6 Å². The van der Waals surface area contributed by atoms with E-state index in [1.165, 1.54) is 0 Å². The molecule has 132 valence electrons. The molecule has 5 nitrogen and oxygen atoms in total. The number of thiophene rings is 1. The van der Waals surface area contributed by atoms with Crippen LogP contribution in [0.2, 0.25) is 0 Å². The number of carbonyl (C=O) groups is 1. The Morgan fingerprint density at radius 1 is 0.962 bits per heavy atom. The summed E-state index contributed by atoms with van der Waals surface area (Å²) in [4.78, 5) is 17.8. The molecule has 7 heteroatoms. The second-order valence-corrected chi connectivity index (χ2v) is 8.23. The number of nitrogens with zero attached hydrogens (tertiary/aromatic N) is 4. The minimum absolute atomic E-state index is 0.0974. The van der Waals surface area contributed by atoms with Crippen LogP contribution in [0, 0.1) is 3.57 Å². The number of hydrogen-bond donors (Lipinski definition) is 0. The average Bonchev–Trinajstić information content (AvgIpc) is 3.23. The van der Waals surface area contributed by atoms with Crippen molar-refractivity contribution in [1.29, 1.82) is 0 Å². The summed E-state index contributed by atoms with van der Waals surface area (Å²) >= 11 is 3.90. The summed E-state index contributed by atoms with van der Waals surface area (Å²) in [5.74, 6) is 0.965. The Morgan fingerprint density at radius 3 is 2.35 bits per heavy atom. The van der Waals surface area contributed by atoms with Crippen LogP contribution in [0.4, 0.5) is 5.82 Å². The number of benzene rings is 1. The molecule has 0 aliphatic carbocycles. The SMILES string of the molecule is O=C(c1ccc(I)cc1)N1CCN(c2ccc(-c3cccs3)nn2)CC1. The van der Waals surface area contributed by atoms with E-state index in [9.17, 15) is 4.79 Å². The molecule has 1 saturated heterocycles. The van der Waals surface area contributed by atoms with Crippen LogP contribution in [0.25, 0.3) is 10.6 Å². The zero-order chi connectivity index (χ0) is 17.9. The molecule has 1 amide bonds. The van der Waals surface area contributed by atoms with E-state index in [2.05, 4.69) is 37.7 Å². The molecule has 0 atom stereocenters. The van der Waals surface area contributed by atoms with Gasteiger partial charge in [-0.15, -0.1) is 21.5 Å². The molecular formula is C19H17IN4OS. The summed E-state index contributed by atoms with van der Waals surface area (Å²) in [6.45, 7) is 2.92. The number of halogens is 1. The number of amides is 1. The van der Waals surface area contributed by atoms with Crippen molar-refractivity contribution in [2.24, 2.45) is 0 Å². The molecule has 4 rings (SSSR count). The molecule has 0 N–H and O–H groups in total.